The van der Waals surface area contributed by atoms with E-state index in [1.807, 2.05) is 43.0 Å². The summed E-state index contributed by atoms with van der Waals surface area (Å²) < 4.78 is 5.96. The van der Waals surface area contributed by atoms with Crippen LogP contribution in [0.3, 0.4) is 0 Å². The van der Waals surface area contributed by atoms with Gasteiger partial charge in [-0.3, -0.25) is 4.79 Å². The van der Waals surface area contributed by atoms with Gasteiger partial charge >= 0.3 is 0 Å². The minimum atomic E-state index is -0.0544. The highest BCUT2D eigenvalue weighted by molar-refractivity contribution is 5.94. The molecule has 0 bridgehead atoms. The molecule has 3 nitrogen and oxygen atoms in total. The molecule has 1 saturated heterocycles. The van der Waals surface area contributed by atoms with Gasteiger partial charge in [0.2, 0.25) is 0 Å². The molecule has 1 fully saturated rings. The predicted octanol–water partition coefficient (Wildman–Crippen LogP) is 3.91. The van der Waals surface area contributed by atoms with Crippen molar-refractivity contribution in [1.29, 1.82) is 0 Å². The lowest BCUT2D eigenvalue weighted by atomic mass is 10.0. The number of hydrogen-bond acceptors (Lipinski definition) is 2. The summed E-state index contributed by atoms with van der Waals surface area (Å²) in [6, 6.07) is 16.2. The molecule has 0 saturated carbocycles. The molecule has 0 N–H and O–H groups in total. The van der Waals surface area contributed by atoms with Crippen LogP contribution in [0, 0.1) is 13.8 Å². The lowest BCUT2D eigenvalue weighted by Gasteiger charge is -2.38. The molecule has 0 radical (unpaired) electrons. The fourth-order valence-corrected chi connectivity index (χ4v) is 2.88. The molecular formula is C20H23NO2. The second kappa shape index (κ2) is 6.55. The number of nitrogens with zero attached hydrogens (tertiary/aromatic N) is 1. The Morgan fingerprint density at radius 1 is 1.00 bits per heavy atom. The summed E-state index contributed by atoms with van der Waals surface area (Å²) >= 11 is 0. The van der Waals surface area contributed by atoms with Gasteiger partial charge in [-0.05, 0) is 38.5 Å². The minimum absolute atomic E-state index is 0.0544. The van der Waals surface area contributed by atoms with E-state index in [0.717, 1.165) is 16.7 Å². The molecule has 3 heteroatoms. The van der Waals surface area contributed by atoms with Crippen molar-refractivity contribution in [2.75, 3.05) is 13.2 Å². The molecular weight excluding hydrogens is 286 g/mol. The van der Waals surface area contributed by atoms with Crippen LogP contribution in [0.4, 0.5) is 0 Å². The molecule has 2 aromatic carbocycles. The van der Waals surface area contributed by atoms with Crippen LogP contribution in [-0.4, -0.2) is 30.0 Å². The number of ether oxygens (including phenoxy) is 1. The van der Waals surface area contributed by atoms with E-state index in [2.05, 4.69) is 31.2 Å². The largest absolute Gasteiger partial charge is 0.370 e. The highest BCUT2D eigenvalue weighted by Gasteiger charge is 2.30. The van der Waals surface area contributed by atoms with E-state index in [0.29, 0.717) is 13.2 Å². The molecule has 0 aliphatic carbocycles. The van der Waals surface area contributed by atoms with Gasteiger partial charge in [-0.15, -0.1) is 0 Å². The van der Waals surface area contributed by atoms with E-state index >= 15 is 0 Å². The van der Waals surface area contributed by atoms with Crippen molar-refractivity contribution >= 4 is 5.91 Å². The van der Waals surface area contributed by atoms with E-state index in [1.54, 1.807) is 0 Å². The van der Waals surface area contributed by atoms with Crippen LogP contribution in [-0.2, 0) is 4.74 Å². The van der Waals surface area contributed by atoms with Gasteiger partial charge < -0.3 is 9.64 Å². The Kier molecular flexibility index (Phi) is 4.49. The molecule has 1 amide bonds. The molecule has 1 aliphatic rings. The van der Waals surface area contributed by atoms with Crippen LogP contribution in [0.5, 0.6) is 0 Å². The summed E-state index contributed by atoms with van der Waals surface area (Å²) in [6.45, 7) is 7.30. The predicted molar refractivity (Wildman–Crippen MR) is 91.5 cm³/mol. The fourth-order valence-electron chi connectivity index (χ4n) is 2.88. The zero-order chi connectivity index (χ0) is 16.4. The van der Waals surface area contributed by atoms with Gasteiger partial charge in [0.05, 0.1) is 19.2 Å². The normalized spacial score (nSPS) is 21.3. The van der Waals surface area contributed by atoms with Crippen LogP contribution in [0.25, 0.3) is 0 Å². The average molecular weight is 309 g/mol. The third-order valence-corrected chi connectivity index (χ3v) is 4.44. The first-order valence-corrected chi connectivity index (χ1v) is 8.10. The van der Waals surface area contributed by atoms with Crippen molar-refractivity contribution in [3.05, 3.63) is 70.8 Å². The molecule has 120 valence electrons. The lowest BCUT2D eigenvalue weighted by Crippen LogP contribution is -2.48. The SMILES string of the molecule is Cc1ccc(C(=O)N2CC(c3ccc(C)cc3)OCC2C)cc1. The van der Waals surface area contributed by atoms with Crippen LogP contribution in [0.1, 0.15) is 40.1 Å². The monoisotopic (exact) mass is 309 g/mol. The van der Waals surface area contributed by atoms with Crippen LogP contribution >= 0.6 is 0 Å². The minimum Gasteiger partial charge on any atom is -0.370 e. The Bertz CT molecular complexity index is 676. The van der Waals surface area contributed by atoms with E-state index in [-0.39, 0.29) is 18.1 Å². The molecule has 23 heavy (non-hydrogen) atoms. The third kappa shape index (κ3) is 3.45. The number of rotatable bonds is 2. The van der Waals surface area contributed by atoms with Gasteiger partial charge in [-0.2, -0.15) is 0 Å². The van der Waals surface area contributed by atoms with Crippen LogP contribution < -0.4 is 0 Å². The zero-order valence-corrected chi connectivity index (χ0v) is 14.0. The quantitative estimate of drug-likeness (QED) is 0.842. The Morgan fingerprint density at radius 3 is 2.17 bits per heavy atom. The van der Waals surface area contributed by atoms with Gasteiger partial charge in [-0.25, -0.2) is 0 Å². The smallest absolute Gasteiger partial charge is 0.254 e. The van der Waals surface area contributed by atoms with E-state index < -0.39 is 0 Å². The molecule has 1 heterocycles. The number of carbonyl (C=O) groups is 1. The van der Waals surface area contributed by atoms with Crippen molar-refractivity contribution < 1.29 is 9.53 Å². The van der Waals surface area contributed by atoms with Crippen molar-refractivity contribution in [2.24, 2.45) is 0 Å². The molecule has 0 spiro atoms. The second-order valence-electron chi connectivity index (χ2n) is 6.41. The maximum Gasteiger partial charge on any atom is 0.254 e. The van der Waals surface area contributed by atoms with E-state index in [1.165, 1.54) is 5.56 Å². The third-order valence-electron chi connectivity index (χ3n) is 4.44. The van der Waals surface area contributed by atoms with Crippen molar-refractivity contribution in [3.8, 4) is 0 Å². The van der Waals surface area contributed by atoms with Crippen LogP contribution in [0.2, 0.25) is 0 Å². The first-order chi connectivity index (χ1) is 11.0. The topological polar surface area (TPSA) is 29.5 Å². The molecule has 0 aromatic heterocycles. The Hall–Kier alpha value is -2.13. The number of morpholine rings is 1. The first-order valence-electron chi connectivity index (χ1n) is 8.10. The summed E-state index contributed by atoms with van der Waals surface area (Å²) in [6.07, 6.45) is -0.0544. The second-order valence-corrected chi connectivity index (χ2v) is 6.41. The lowest BCUT2D eigenvalue weighted by molar-refractivity contribution is -0.0486. The summed E-state index contributed by atoms with van der Waals surface area (Å²) in [5.74, 6) is 0.0814. The average Bonchev–Trinajstić information content (AvgIpc) is 2.56. The van der Waals surface area contributed by atoms with Crippen molar-refractivity contribution in [1.82, 2.24) is 4.90 Å². The summed E-state index contributed by atoms with van der Waals surface area (Å²) in [4.78, 5) is 14.8. The van der Waals surface area contributed by atoms with Crippen LogP contribution in [0.15, 0.2) is 48.5 Å². The molecule has 3 rings (SSSR count). The first kappa shape index (κ1) is 15.8. The van der Waals surface area contributed by atoms with E-state index in [4.69, 9.17) is 4.74 Å². The van der Waals surface area contributed by atoms with Crippen molar-refractivity contribution in [2.45, 2.75) is 32.9 Å². The highest BCUT2D eigenvalue weighted by Crippen LogP contribution is 2.26. The van der Waals surface area contributed by atoms with Gasteiger partial charge in [0.25, 0.3) is 5.91 Å². The van der Waals surface area contributed by atoms with E-state index in [9.17, 15) is 4.79 Å². The Morgan fingerprint density at radius 2 is 1.57 bits per heavy atom. The zero-order valence-electron chi connectivity index (χ0n) is 14.0. The summed E-state index contributed by atoms with van der Waals surface area (Å²) in [5, 5.41) is 0. The van der Waals surface area contributed by atoms with Crippen molar-refractivity contribution in [3.63, 3.8) is 0 Å². The number of carbonyl (C=O) groups excluding carboxylic acids is 1. The Labute approximate surface area is 137 Å². The van der Waals surface area contributed by atoms with Gasteiger partial charge in [0.15, 0.2) is 0 Å². The van der Waals surface area contributed by atoms with Gasteiger partial charge in [-0.1, -0.05) is 47.5 Å². The standard InChI is InChI=1S/C20H23NO2/c1-14-4-8-17(9-5-14)19-12-21(16(3)13-23-19)20(22)18-10-6-15(2)7-11-18/h4-11,16,19H,12-13H2,1-3H3. The number of benzene rings is 2. The number of aryl methyl sites for hydroxylation is 2. The fraction of sp³-hybridized carbons (Fsp3) is 0.350. The maximum absolute atomic E-state index is 12.8. The maximum atomic E-state index is 12.8. The number of hydrogen-bond donors (Lipinski definition) is 0. The van der Waals surface area contributed by atoms with Gasteiger partial charge in [0.1, 0.15) is 6.10 Å². The summed E-state index contributed by atoms with van der Waals surface area (Å²) in [7, 11) is 0. The highest BCUT2D eigenvalue weighted by atomic mass is 16.5. The summed E-state index contributed by atoms with van der Waals surface area (Å²) in [5.41, 5.74) is 4.26. The molecule has 1 aliphatic heterocycles. The Balaban J connectivity index is 1.79. The van der Waals surface area contributed by atoms with Gasteiger partial charge in [0, 0.05) is 5.56 Å². The number of amides is 1. The molecule has 2 unspecified atom stereocenters. The molecule has 2 aromatic rings. The molecule has 2 atom stereocenters.